The third-order valence-corrected chi connectivity index (χ3v) is 4.46. The summed E-state index contributed by atoms with van der Waals surface area (Å²) in [5.41, 5.74) is 1.83. The molecule has 2 aromatic rings. The van der Waals surface area contributed by atoms with Gasteiger partial charge in [0.15, 0.2) is 0 Å². The molecule has 0 aliphatic rings. The van der Waals surface area contributed by atoms with E-state index in [4.69, 9.17) is 0 Å². The number of nitrogens with one attached hydrogen (secondary N) is 1. The van der Waals surface area contributed by atoms with Crippen LogP contribution in [0.2, 0.25) is 0 Å². The zero-order chi connectivity index (χ0) is 19.5. The molecule has 2 amide bonds. The number of halogens is 1. The summed E-state index contributed by atoms with van der Waals surface area (Å²) in [5, 5.41) is 2.79. The summed E-state index contributed by atoms with van der Waals surface area (Å²) in [6.45, 7) is 2.94. The fourth-order valence-corrected chi connectivity index (χ4v) is 2.91. The van der Waals surface area contributed by atoms with Crippen LogP contribution < -0.4 is 5.32 Å². The maximum absolute atomic E-state index is 13.5. The van der Waals surface area contributed by atoms with E-state index in [-0.39, 0.29) is 24.1 Å². The Morgan fingerprint density at radius 1 is 0.963 bits per heavy atom. The van der Waals surface area contributed by atoms with Crippen LogP contribution in [0.5, 0.6) is 0 Å². The van der Waals surface area contributed by atoms with Gasteiger partial charge in [0.25, 0.3) is 0 Å². The Balaban J connectivity index is 1.67. The quantitative estimate of drug-likeness (QED) is 0.697. The molecule has 0 unspecified atom stereocenters. The van der Waals surface area contributed by atoms with Crippen LogP contribution in [0.1, 0.15) is 30.9 Å². The van der Waals surface area contributed by atoms with Crippen molar-refractivity contribution in [2.24, 2.45) is 0 Å². The standard InChI is InChI=1S/C22H27FN2O2/c1-18(26)25(16-7-10-19-8-3-2-4-9-19)17-14-22(27)24-15-13-20-11-5-6-12-21(20)23/h2-6,8-9,11-12H,7,10,13-17H2,1H3,(H,24,27). The molecule has 0 fully saturated rings. The van der Waals surface area contributed by atoms with E-state index in [1.807, 2.05) is 18.2 Å². The minimum Gasteiger partial charge on any atom is -0.356 e. The lowest BCUT2D eigenvalue weighted by atomic mass is 10.1. The summed E-state index contributed by atoms with van der Waals surface area (Å²) in [6, 6.07) is 16.7. The number of aryl methyl sites for hydroxylation is 1. The van der Waals surface area contributed by atoms with Crippen LogP contribution in [0.25, 0.3) is 0 Å². The number of hydrogen-bond acceptors (Lipinski definition) is 2. The molecule has 2 rings (SSSR count). The summed E-state index contributed by atoms with van der Waals surface area (Å²) in [6.07, 6.45) is 2.46. The summed E-state index contributed by atoms with van der Waals surface area (Å²) in [7, 11) is 0. The smallest absolute Gasteiger partial charge is 0.221 e. The van der Waals surface area contributed by atoms with Crippen molar-refractivity contribution >= 4 is 11.8 Å². The van der Waals surface area contributed by atoms with Crippen molar-refractivity contribution in [3.05, 3.63) is 71.5 Å². The number of hydrogen-bond donors (Lipinski definition) is 1. The third-order valence-electron chi connectivity index (χ3n) is 4.46. The molecule has 0 aliphatic heterocycles. The van der Waals surface area contributed by atoms with E-state index in [2.05, 4.69) is 17.4 Å². The third kappa shape index (κ3) is 7.60. The van der Waals surface area contributed by atoms with Crippen LogP contribution in [0.15, 0.2) is 54.6 Å². The van der Waals surface area contributed by atoms with Gasteiger partial charge in [0.05, 0.1) is 0 Å². The van der Waals surface area contributed by atoms with Gasteiger partial charge in [-0.05, 0) is 36.5 Å². The Bertz CT molecular complexity index is 734. The summed E-state index contributed by atoms with van der Waals surface area (Å²) in [5.74, 6) is -0.407. The van der Waals surface area contributed by atoms with Crippen molar-refractivity contribution in [1.82, 2.24) is 10.2 Å². The zero-order valence-electron chi connectivity index (χ0n) is 15.8. The maximum Gasteiger partial charge on any atom is 0.221 e. The average molecular weight is 370 g/mol. The zero-order valence-corrected chi connectivity index (χ0v) is 15.8. The van der Waals surface area contributed by atoms with Gasteiger partial charge < -0.3 is 10.2 Å². The van der Waals surface area contributed by atoms with Gasteiger partial charge in [0.1, 0.15) is 5.82 Å². The van der Waals surface area contributed by atoms with Gasteiger partial charge >= 0.3 is 0 Å². The monoisotopic (exact) mass is 370 g/mol. The lowest BCUT2D eigenvalue weighted by Crippen LogP contribution is -2.35. The van der Waals surface area contributed by atoms with E-state index in [0.717, 1.165) is 12.8 Å². The van der Waals surface area contributed by atoms with Crippen LogP contribution in [0.3, 0.4) is 0 Å². The molecule has 4 nitrogen and oxygen atoms in total. The summed E-state index contributed by atoms with van der Waals surface area (Å²) in [4.78, 5) is 25.5. The second kappa shape index (κ2) is 11.1. The lowest BCUT2D eigenvalue weighted by molar-refractivity contribution is -0.129. The molecule has 27 heavy (non-hydrogen) atoms. The minimum atomic E-state index is -0.257. The Morgan fingerprint density at radius 3 is 2.37 bits per heavy atom. The number of carbonyl (C=O) groups is 2. The first-order valence-corrected chi connectivity index (χ1v) is 9.36. The normalized spacial score (nSPS) is 10.4. The first kappa shape index (κ1) is 20.6. The molecule has 0 aromatic heterocycles. The van der Waals surface area contributed by atoms with Crippen LogP contribution in [-0.2, 0) is 22.4 Å². The topological polar surface area (TPSA) is 49.4 Å². The van der Waals surface area contributed by atoms with Crippen LogP contribution >= 0.6 is 0 Å². The molecular weight excluding hydrogens is 343 g/mol. The number of rotatable bonds is 10. The highest BCUT2D eigenvalue weighted by Crippen LogP contribution is 2.07. The molecule has 0 radical (unpaired) electrons. The molecule has 0 aliphatic carbocycles. The second-order valence-electron chi connectivity index (χ2n) is 6.54. The first-order chi connectivity index (χ1) is 13.1. The van der Waals surface area contributed by atoms with Gasteiger partial charge in [-0.15, -0.1) is 0 Å². The van der Waals surface area contributed by atoms with Gasteiger partial charge in [-0.3, -0.25) is 9.59 Å². The van der Waals surface area contributed by atoms with Gasteiger partial charge in [-0.2, -0.15) is 0 Å². The SMILES string of the molecule is CC(=O)N(CCCc1ccccc1)CCC(=O)NCCc1ccccc1F. The molecule has 0 heterocycles. The molecule has 5 heteroatoms. The Kier molecular flexibility index (Phi) is 8.49. The van der Waals surface area contributed by atoms with Crippen LogP contribution in [-0.4, -0.2) is 36.3 Å². The molecule has 1 N–H and O–H groups in total. The summed E-state index contributed by atoms with van der Waals surface area (Å²) >= 11 is 0. The van der Waals surface area contributed by atoms with Crippen molar-refractivity contribution in [3.8, 4) is 0 Å². The fourth-order valence-electron chi connectivity index (χ4n) is 2.91. The van der Waals surface area contributed by atoms with E-state index in [9.17, 15) is 14.0 Å². The highest BCUT2D eigenvalue weighted by molar-refractivity contribution is 5.78. The highest BCUT2D eigenvalue weighted by atomic mass is 19.1. The van der Waals surface area contributed by atoms with Crippen molar-refractivity contribution in [1.29, 1.82) is 0 Å². The van der Waals surface area contributed by atoms with Gasteiger partial charge in [0, 0.05) is 33.0 Å². The van der Waals surface area contributed by atoms with E-state index >= 15 is 0 Å². The molecule has 0 saturated heterocycles. The number of carbonyl (C=O) groups excluding carboxylic acids is 2. The molecule has 144 valence electrons. The van der Waals surface area contributed by atoms with Gasteiger partial charge in [0.2, 0.25) is 11.8 Å². The maximum atomic E-state index is 13.5. The average Bonchev–Trinajstić information content (AvgIpc) is 2.66. The van der Waals surface area contributed by atoms with Gasteiger partial charge in [-0.25, -0.2) is 4.39 Å². The van der Waals surface area contributed by atoms with E-state index in [0.29, 0.717) is 31.6 Å². The largest absolute Gasteiger partial charge is 0.356 e. The second-order valence-corrected chi connectivity index (χ2v) is 6.54. The molecule has 0 atom stereocenters. The van der Waals surface area contributed by atoms with Crippen molar-refractivity contribution in [3.63, 3.8) is 0 Å². The molecule has 0 spiro atoms. The lowest BCUT2D eigenvalue weighted by Gasteiger charge is -2.20. The predicted molar refractivity (Wildman–Crippen MR) is 105 cm³/mol. The predicted octanol–water partition coefficient (Wildman–Crippen LogP) is 3.36. The van der Waals surface area contributed by atoms with Crippen molar-refractivity contribution < 1.29 is 14.0 Å². The highest BCUT2D eigenvalue weighted by Gasteiger charge is 2.11. The van der Waals surface area contributed by atoms with E-state index in [1.165, 1.54) is 18.6 Å². The Hall–Kier alpha value is -2.69. The van der Waals surface area contributed by atoms with Crippen molar-refractivity contribution in [2.45, 2.75) is 32.6 Å². The molecule has 0 saturated carbocycles. The molecule has 0 bridgehead atoms. The molecular formula is C22H27FN2O2. The summed E-state index contributed by atoms with van der Waals surface area (Å²) < 4.78 is 13.5. The first-order valence-electron chi connectivity index (χ1n) is 9.36. The Labute approximate surface area is 160 Å². The number of nitrogens with zero attached hydrogens (tertiary/aromatic N) is 1. The van der Waals surface area contributed by atoms with Crippen LogP contribution in [0.4, 0.5) is 4.39 Å². The number of benzene rings is 2. The van der Waals surface area contributed by atoms with E-state index in [1.54, 1.807) is 23.1 Å². The fraction of sp³-hybridized carbons (Fsp3) is 0.364. The molecule has 2 aromatic carbocycles. The van der Waals surface area contributed by atoms with E-state index < -0.39 is 0 Å². The number of amides is 2. The van der Waals surface area contributed by atoms with Crippen molar-refractivity contribution in [2.75, 3.05) is 19.6 Å². The van der Waals surface area contributed by atoms with Crippen LogP contribution in [0, 0.1) is 5.82 Å². The minimum absolute atomic E-state index is 0.0257. The van der Waals surface area contributed by atoms with Gasteiger partial charge in [-0.1, -0.05) is 48.5 Å². The Morgan fingerprint density at radius 2 is 1.67 bits per heavy atom.